The Labute approximate surface area is 114 Å². The monoisotopic (exact) mass is 254 g/mol. The maximum Gasteiger partial charge on any atom is 0.122 e. The molecule has 2 aromatic rings. The molecule has 0 bridgehead atoms. The number of methoxy groups -OCH3 is 1. The molecule has 2 aromatic carbocycles. The summed E-state index contributed by atoms with van der Waals surface area (Å²) in [5.41, 5.74) is 2.63. The SMILES string of the molecule is COc1cccc([C@H]2CCOc3ccccc3C2)c1. The van der Waals surface area contributed by atoms with Crippen LogP contribution in [0.25, 0.3) is 0 Å². The maximum absolute atomic E-state index is 5.83. The van der Waals surface area contributed by atoms with Gasteiger partial charge in [0.15, 0.2) is 0 Å². The molecule has 0 fully saturated rings. The minimum Gasteiger partial charge on any atom is -0.497 e. The second kappa shape index (κ2) is 5.35. The van der Waals surface area contributed by atoms with Crippen LogP contribution < -0.4 is 9.47 Å². The van der Waals surface area contributed by atoms with Gasteiger partial charge in [0, 0.05) is 0 Å². The number of hydrogen-bond acceptors (Lipinski definition) is 2. The molecule has 1 aliphatic heterocycles. The van der Waals surface area contributed by atoms with Crippen molar-refractivity contribution in [3.63, 3.8) is 0 Å². The van der Waals surface area contributed by atoms with Crippen LogP contribution in [0.3, 0.4) is 0 Å². The van der Waals surface area contributed by atoms with Crippen LogP contribution in [0.4, 0.5) is 0 Å². The second-order valence-electron chi connectivity index (χ2n) is 4.92. The van der Waals surface area contributed by atoms with Crippen molar-refractivity contribution in [1.29, 1.82) is 0 Å². The normalized spacial score (nSPS) is 18.1. The summed E-state index contributed by atoms with van der Waals surface area (Å²) in [6, 6.07) is 16.7. The molecule has 0 spiro atoms. The lowest BCUT2D eigenvalue weighted by Crippen LogP contribution is -2.04. The Balaban J connectivity index is 1.89. The predicted octanol–water partition coefficient (Wildman–Crippen LogP) is 3.80. The number of benzene rings is 2. The Morgan fingerprint density at radius 1 is 1.11 bits per heavy atom. The summed E-state index contributed by atoms with van der Waals surface area (Å²) in [6.07, 6.45) is 2.07. The Morgan fingerprint density at radius 2 is 2.00 bits per heavy atom. The molecule has 0 aliphatic carbocycles. The topological polar surface area (TPSA) is 18.5 Å². The third-order valence-corrected chi connectivity index (χ3v) is 3.73. The fourth-order valence-electron chi connectivity index (χ4n) is 2.67. The Hall–Kier alpha value is -1.96. The summed E-state index contributed by atoms with van der Waals surface area (Å²) in [5, 5.41) is 0. The van der Waals surface area contributed by atoms with Crippen LogP contribution in [-0.4, -0.2) is 13.7 Å². The van der Waals surface area contributed by atoms with E-state index >= 15 is 0 Å². The highest BCUT2D eigenvalue weighted by atomic mass is 16.5. The highest BCUT2D eigenvalue weighted by molar-refractivity contribution is 5.38. The van der Waals surface area contributed by atoms with Gasteiger partial charge in [-0.3, -0.25) is 0 Å². The molecule has 0 unspecified atom stereocenters. The third-order valence-electron chi connectivity index (χ3n) is 3.73. The predicted molar refractivity (Wildman–Crippen MR) is 76.0 cm³/mol. The van der Waals surface area contributed by atoms with Crippen molar-refractivity contribution < 1.29 is 9.47 Å². The van der Waals surface area contributed by atoms with Crippen molar-refractivity contribution in [2.24, 2.45) is 0 Å². The highest BCUT2D eigenvalue weighted by Gasteiger charge is 2.19. The van der Waals surface area contributed by atoms with E-state index in [4.69, 9.17) is 9.47 Å². The zero-order chi connectivity index (χ0) is 13.1. The van der Waals surface area contributed by atoms with Crippen molar-refractivity contribution in [2.45, 2.75) is 18.8 Å². The van der Waals surface area contributed by atoms with Crippen LogP contribution in [0.5, 0.6) is 11.5 Å². The van der Waals surface area contributed by atoms with E-state index in [1.807, 2.05) is 12.1 Å². The summed E-state index contributed by atoms with van der Waals surface area (Å²) in [5.74, 6) is 2.46. The zero-order valence-corrected chi connectivity index (χ0v) is 11.1. The fraction of sp³-hybridized carbons (Fsp3) is 0.294. The summed E-state index contributed by atoms with van der Waals surface area (Å²) in [4.78, 5) is 0. The standard InChI is InChI=1S/C17H18O2/c1-18-16-7-4-6-13(12-16)14-9-10-19-17-8-3-2-5-15(17)11-14/h2-8,12,14H,9-11H2,1H3/t14-/m0/s1. The van der Waals surface area contributed by atoms with E-state index in [9.17, 15) is 0 Å². The van der Waals surface area contributed by atoms with Crippen LogP contribution in [0.1, 0.15) is 23.5 Å². The molecule has 0 saturated heterocycles. The molecular weight excluding hydrogens is 236 g/mol. The number of fused-ring (bicyclic) bond motifs is 1. The number of ether oxygens (including phenoxy) is 2. The lowest BCUT2D eigenvalue weighted by Gasteiger charge is -2.15. The van der Waals surface area contributed by atoms with Crippen molar-refractivity contribution in [3.8, 4) is 11.5 Å². The molecule has 19 heavy (non-hydrogen) atoms. The lowest BCUT2D eigenvalue weighted by atomic mass is 9.90. The van der Waals surface area contributed by atoms with Gasteiger partial charge >= 0.3 is 0 Å². The lowest BCUT2D eigenvalue weighted by molar-refractivity contribution is 0.310. The Bertz CT molecular complexity index is 563. The van der Waals surface area contributed by atoms with Crippen molar-refractivity contribution in [2.75, 3.05) is 13.7 Å². The van der Waals surface area contributed by atoms with Gasteiger partial charge in [-0.15, -0.1) is 0 Å². The van der Waals surface area contributed by atoms with Gasteiger partial charge in [-0.1, -0.05) is 30.3 Å². The summed E-state index contributed by atoms with van der Waals surface area (Å²) in [7, 11) is 1.71. The van der Waals surface area contributed by atoms with Crippen molar-refractivity contribution in [3.05, 3.63) is 59.7 Å². The summed E-state index contributed by atoms with van der Waals surface area (Å²) < 4.78 is 11.1. The molecule has 1 aliphatic rings. The molecular formula is C17H18O2. The van der Waals surface area contributed by atoms with Gasteiger partial charge in [-0.05, 0) is 48.1 Å². The van der Waals surface area contributed by atoms with E-state index in [-0.39, 0.29) is 0 Å². The quantitative estimate of drug-likeness (QED) is 0.811. The van der Waals surface area contributed by atoms with E-state index in [1.54, 1.807) is 7.11 Å². The zero-order valence-electron chi connectivity index (χ0n) is 11.1. The average Bonchev–Trinajstić information content (AvgIpc) is 2.69. The van der Waals surface area contributed by atoms with Crippen LogP contribution in [-0.2, 0) is 6.42 Å². The first-order chi connectivity index (χ1) is 9.36. The van der Waals surface area contributed by atoms with E-state index in [0.29, 0.717) is 5.92 Å². The maximum atomic E-state index is 5.83. The smallest absolute Gasteiger partial charge is 0.122 e. The summed E-state index contributed by atoms with van der Waals surface area (Å²) in [6.45, 7) is 0.777. The first-order valence-electron chi connectivity index (χ1n) is 6.71. The van der Waals surface area contributed by atoms with Gasteiger partial charge < -0.3 is 9.47 Å². The van der Waals surface area contributed by atoms with Crippen LogP contribution in [0.2, 0.25) is 0 Å². The molecule has 0 saturated carbocycles. The summed E-state index contributed by atoms with van der Waals surface area (Å²) >= 11 is 0. The fourth-order valence-corrected chi connectivity index (χ4v) is 2.67. The van der Waals surface area contributed by atoms with Gasteiger partial charge in [-0.2, -0.15) is 0 Å². The highest BCUT2D eigenvalue weighted by Crippen LogP contribution is 2.33. The van der Waals surface area contributed by atoms with Gasteiger partial charge in [-0.25, -0.2) is 0 Å². The molecule has 3 rings (SSSR count). The van der Waals surface area contributed by atoms with Gasteiger partial charge in [0.05, 0.1) is 13.7 Å². The van der Waals surface area contributed by atoms with Crippen LogP contribution >= 0.6 is 0 Å². The van der Waals surface area contributed by atoms with Crippen molar-refractivity contribution >= 4 is 0 Å². The second-order valence-corrected chi connectivity index (χ2v) is 4.92. The van der Waals surface area contributed by atoms with Crippen LogP contribution in [0.15, 0.2) is 48.5 Å². The molecule has 0 amide bonds. The average molecular weight is 254 g/mol. The molecule has 2 nitrogen and oxygen atoms in total. The van der Waals surface area contributed by atoms with Gasteiger partial charge in [0.2, 0.25) is 0 Å². The molecule has 98 valence electrons. The van der Waals surface area contributed by atoms with E-state index < -0.39 is 0 Å². The minimum atomic E-state index is 0.499. The largest absolute Gasteiger partial charge is 0.497 e. The molecule has 1 atom stereocenters. The first kappa shape index (κ1) is 12.1. The Morgan fingerprint density at radius 3 is 2.89 bits per heavy atom. The molecule has 0 radical (unpaired) electrons. The van der Waals surface area contributed by atoms with Gasteiger partial charge in [0.1, 0.15) is 11.5 Å². The molecule has 0 N–H and O–H groups in total. The minimum absolute atomic E-state index is 0.499. The van der Waals surface area contributed by atoms with Crippen molar-refractivity contribution in [1.82, 2.24) is 0 Å². The number of para-hydroxylation sites is 1. The first-order valence-corrected chi connectivity index (χ1v) is 6.71. The van der Waals surface area contributed by atoms with E-state index in [2.05, 4.69) is 36.4 Å². The van der Waals surface area contributed by atoms with Crippen LogP contribution in [0, 0.1) is 0 Å². The van der Waals surface area contributed by atoms with E-state index in [0.717, 1.165) is 30.9 Å². The van der Waals surface area contributed by atoms with E-state index in [1.165, 1.54) is 11.1 Å². The Kier molecular flexibility index (Phi) is 3.41. The molecule has 1 heterocycles. The number of hydrogen-bond donors (Lipinski definition) is 0. The third kappa shape index (κ3) is 2.58. The molecule has 2 heteroatoms. The molecule has 0 aromatic heterocycles. The van der Waals surface area contributed by atoms with Gasteiger partial charge in [0.25, 0.3) is 0 Å². The number of rotatable bonds is 2.